The van der Waals surface area contributed by atoms with Crippen molar-refractivity contribution < 1.29 is 13.2 Å². The Balaban J connectivity index is 1.87. The van der Waals surface area contributed by atoms with Crippen LogP contribution in [0.15, 0.2) is 0 Å². The van der Waals surface area contributed by atoms with Gasteiger partial charge in [0.25, 0.3) is 0 Å². The van der Waals surface area contributed by atoms with Gasteiger partial charge >= 0.3 is 0 Å². The van der Waals surface area contributed by atoms with E-state index in [-0.39, 0.29) is 11.9 Å². The molecule has 0 spiro atoms. The van der Waals surface area contributed by atoms with Gasteiger partial charge in [0.1, 0.15) is 0 Å². The first-order valence-electron chi connectivity index (χ1n) is 6.46. The maximum Gasteiger partial charge on any atom is 0.239 e. The topological polar surface area (TPSA) is 69.7 Å². The van der Waals surface area contributed by atoms with Crippen LogP contribution in [0.25, 0.3) is 0 Å². The van der Waals surface area contributed by atoms with Gasteiger partial charge in [-0.15, -0.1) is 0 Å². The van der Waals surface area contributed by atoms with Gasteiger partial charge < -0.3 is 10.2 Å². The average molecular weight is 275 g/mol. The molecule has 104 valence electrons. The summed E-state index contributed by atoms with van der Waals surface area (Å²) >= 11 is 0. The van der Waals surface area contributed by atoms with Gasteiger partial charge in [0.05, 0.1) is 12.3 Å². The molecule has 1 N–H and O–H groups in total. The molecule has 2 fully saturated rings. The summed E-state index contributed by atoms with van der Waals surface area (Å²) in [5.74, 6) is 0.128. The third kappa shape index (κ3) is 3.21. The number of carbonyl (C=O) groups is 1. The number of carbonyl (C=O) groups excluding carboxylic acids is 1. The fourth-order valence-electron chi connectivity index (χ4n) is 2.52. The standard InChI is InChI=1S/C11H21N3O3S/c1-18(16,17)14-8-6-13(7-9-14)11(15)10-4-2-3-5-12-10/h10,12H,2-9H2,1H3/t10-/m1/s1. The number of nitrogens with one attached hydrogen (secondary N) is 1. The second kappa shape index (κ2) is 5.54. The minimum Gasteiger partial charge on any atom is -0.339 e. The van der Waals surface area contributed by atoms with E-state index in [9.17, 15) is 13.2 Å². The number of hydrogen-bond acceptors (Lipinski definition) is 4. The normalized spacial score (nSPS) is 27.2. The summed E-state index contributed by atoms with van der Waals surface area (Å²) in [4.78, 5) is 14.0. The van der Waals surface area contributed by atoms with Crippen LogP contribution in [0, 0.1) is 0 Å². The Labute approximate surface area is 108 Å². The van der Waals surface area contributed by atoms with E-state index in [0.29, 0.717) is 26.2 Å². The molecule has 2 aliphatic heterocycles. The smallest absolute Gasteiger partial charge is 0.239 e. The molecule has 0 unspecified atom stereocenters. The molecule has 0 aliphatic carbocycles. The van der Waals surface area contributed by atoms with Crippen LogP contribution in [0.3, 0.4) is 0 Å². The zero-order valence-electron chi connectivity index (χ0n) is 10.8. The lowest BCUT2D eigenvalue weighted by Crippen LogP contribution is -2.55. The van der Waals surface area contributed by atoms with Crippen molar-refractivity contribution >= 4 is 15.9 Å². The summed E-state index contributed by atoms with van der Waals surface area (Å²) in [5, 5.41) is 3.23. The molecule has 2 aliphatic rings. The predicted molar refractivity (Wildman–Crippen MR) is 68.6 cm³/mol. The highest BCUT2D eigenvalue weighted by molar-refractivity contribution is 7.88. The Hall–Kier alpha value is -0.660. The zero-order chi connectivity index (χ0) is 13.2. The molecule has 0 aromatic heterocycles. The van der Waals surface area contributed by atoms with Gasteiger partial charge in [-0.3, -0.25) is 4.79 Å². The second-order valence-electron chi connectivity index (χ2n) is 4.99. The third-order valence-corrected chi connectivity index (χ3v) is 4.93. The maximum absolute atomic E-state index is 12.2. The Morgan fingerprint density at radius 1 is 1.17 bits per heavy atom. The van der Waals surface area contributed by atoms with Crippen LogP contribution in [-0.4, -0.2) is 68.6 Å². The molecule has 7 heteroatoms. The molecule has 18 heavy (non-hydrogen) atoms. The summed E-state index contributed by atoms with van der Waals surface area (Å²) in [6.07, 6.45) is 4.33. The van der Waals surface area contributed by atoms with E-state index in [0.717, 1.165) is 25.8 Å². The van der Waals surface area contributed by atoms with Gasteiger partial charge in [0.2, 0.25) is 15.9 Å². The molecule has 0 radical (unpaired) electrons. The minimum atomic E-state index is -3.12. The average Bonchev–Trinajstić information content (AvgIpc) is 2.38. The van der Waals surface area contributed by atoms with Crippen LogP contribution >= 0.6 is 0 Å². The lowest BCUT2D eigenvalue weighted by Gasteiger charge is -2.36. The minimum absolute atomic E-state index is 0.0662. The first-order chi connectivity index (χ1) is 8.48. The van der Waals surface area contributed by atoms with Gasteiger partial charge in [-0.1, -0.05) is 6.42 Å². The van der Waals surface area contributed by atoms with Crippen molar-refractivity contribution in [2.45, 2.75) is 25.3 Å². The van der Waals surface area contributed by atoms with E-state index in [4.69, 9.17) is 0 Å². The summed E-state index contributed by atoms with van der Waals surface area (Å²) < 4.78 is 24.2. The van der Waals surface area contributed by atoms with E-state index in [1.54, 1.807) is 4.90 Å². The van der Waals surface area contributed by atoms with E-state index >= 15 is 0 Å². The van der Waals surface area contributed by atoms with Gasteiger partial charge in [-0.05, 0) is 19.4 Å². The molecule has 0 aromatic carbocycles. The highest BCUT2D eigenvalue weighted by atomic mass is 32.2. The van der Waals surface area contributed by atoms with E-state index in [1.165, 1.54) is 10.6 Å². The Kier molecular flexibility index (Phi) is 4.24. The zero-order valence-corrected chi connectivity index (χ0v) is 11.6. The number of rotatable bonds is 2. The van der Waals surface area contributed by atoms with E-state index in [2.05, 4.69) is 5.32 Å². The molecular formula is C11H21N3O3S. The van der Waals surface area contributed by atoms with Crippen LogP contribution in [0.4, 0.5) is 0 Å². The number of amides is 1. The summed E-state index contributed by atoms with van der Waals surface area (Å²) in [5.41, 5.74) is 0. The summed E-state index contributed by atoms with van der Waals surface area (Å²) in [7, 11) is -3.12. The van der Waals surface area contributed by atoms with Crippen molar-refractivity contribution in [3.63, 3.8) is 0 Å². The van der Waals surface area contributed by atoms with Crippen molar-refractivity contribution in [2.24, 2.45) is 0 Å². The fourth-order valence-corrected chi connectivity index (χ4v) is 3.35. The summed E-state index contributed by atoms with van der Waals surface area (Å²) in [6.45, 7) is 2.74. The molecule has 2 heterocycles. The molecule has 2 saturated heterocycles. The van der Waals surface area contributed by atoms with Crippen molar-refractivity contribution in [3.8, 4) is 0 Å². The van der Waals surface area contributed by atoms with Crippen LogP contribution in [-0.2, 0) is 14.8 Å². The number of piperazine rings is 1. The predicted octanol–water partition coefficient (Wildman–Crippen LogP) is -0.768. The monoisotopic (exact) mass is 275 g/mol. The molecule has 0 bridgehead atoms. The molecule has 0 saturated carbocycles. The fraction of sp³-hybridized carbons (Fsp3) is 0.909. The quantitative estimate of drug-likeness (QED) is 0.719. The Morgan fingerprint density at radius 2 is 1.83 bits per heavy atom. The van der Waals surface area contributed by atoms with Crippen molar-refractivity contribution in [3.05, 3.63) is 0 Å². The molecule has 1 amide bonds. The molecule has 1 atom stereocenters. The Morgan fingerprint density at radius 3 is 2.33 bits per heavy atom. The molecule has 2 rings (SSSR count). The van der Waals surface area contributed by atoms with Gasteiger partial charge in [0.15, 0.2) is 0 Å². The lowest BCUT2D eigenvalue weighted by atomic mass is 10.0. The lowest BCUT2D eigenvalue weighted by molar-refractivity contribution is -0.135. The van der Waals surface area contributed by atoms with Crippen molar-refractivity contribution in [1.29, 1.82) is 0 Å². The van der Waals surface area contributed by atoms with Gasteiger partial charge in [0, 0.05) is 26.2 Å². The molecule has 0 aromatic rings. The highest BCUT2D eigenvalue weighted by Gasteiger charge is 2.30. The van der Waals surface area contributed by atoms with Crippen molar-refractivity contribution in [1.82, 2.24) is 14.5 Å². The number of hydrogen-bond donors (Lipinski definition) is 1. The van der Waals surface area contributed by atoms with Crippen LogP contribution in [0.2, 0.25) is 0 Å². The van der Waals surface area contributed by atoms with Gasteiger partial charge in [-0.2, -0.15) is 4.31 Å². The SMILES string of the molecule is CS(=O)(=O)N1CCN(C(=O)[C@H]2CCCCN2)CC1. The first-order valence-corrected chi connectivity index (χ1v) is 8.30. The van der Waals surface area contributed by atoms with Crippen molar-refractivity contribution in [2.75, 3.05) is 39.0 Å². The number of nitrogens with zero attached hydrogens (tertiary/aromatic N) is 2. The Bertz CT molecular complexity index is 396. The third-order valence-electron chi connectivity index (χ3n) is 3.63. The van der Waals surface area contributed by atoms with Gasteiger partial charge in [-0.25, -0.2) is 8.42 Å². The van der Waals surface area contributed by atoms with E-state index < -0.39 is 10.0 Å². The van der Waals surface area contributed by atoms with Crippen LogP contribution in [0.5, 0.6) is 0 Å². The second-order valence-corrected chi connectivity index (χ2v) is 6.97. The molecule has 6 nitrogen and oxygen atoms in total. The largest absolute Gasteiger partial charge is 0.339 e. The first kappa shape index (κ1) is 13.8. The number of piperidine rings is 1. The van der Waals surface area contributed by atoms with Crippen LogP contribution in [0.1, 0.15) is 19.3 Å². The van der Waals surface area contributed by atoms with E-state index in [1.807, 2.05) is 0 Å². The van der Waals surface area contributed by atoms with Crippen LogP contribution < -0.4 is 5.32 Å². The number of sulfonamides is 1. The molecular weight excluding hydrogens is 254 g/mol. The maximum atomic E-state index is 12.2. The summed E-state index contributed by atoms with van der Waals surface area (Å²) in [6, 6.07) is -0.0662. The highest BCUT2D eigenvalue weighted by Crippen LogP contribution is 2.12.